The minimum absolute atomic E-state index is 0.149. The van der Waals surface area contributed by atoms with E-state index in [9.17, 15) is 4.79 Å². The van der Waals surface area contributed by atoms with E-state index < -0.39 is 5.41 Å². The molecule has 3 N–H and O–H groups in total. The van der Waals surface area contributed by atoms with Crippen molar-refractivity contribution in [3.8, 4) is 0 Å². The molecule has 2 aliphatic rings. The fourth-order valence-electron chi connectivity index (χ4n) is 3.43. The predicted molar refractivity (Wildman–Crippen MR) is 71.2 cm³/mol. The summed E-state index contributed by atoms with van der Waals surface area (Å²) in [6, 6.07) is 6.52. The zero-order valence-corrected chi connectivity index (χ0v) is 10.7. The van der Waals surface area contributed by atoms with E-state index in [1.807, 2.05) is 0 Å². The largest absolute Gasteiger partial charge is 0.369 e. The maximum Gasteiger partial charge on any atom is 0.228 e. The summed E-state index contributed by atoms with van der Waals surface area (Å²) in [5, 5.41) is 3.38. The lowest BCUT2D eigenvalue weighted by molar-refractivity contribution is -0.123. The second kappa shape index (κ2) is 4.39. The third-order valence-electron chi connectivity index (χ3n) is 4.57. The minimum atomic E-state index is -0.396. The van der Waals surface area contributed by atoms with Crippen LogP contribution in [-0.4, -0.2) is 12.5 Å². The van der Waals surface area contributed by atoms with Gasteiger partial charge in [-0.05, 0) is 42.5 Å². The number of hydrogen-bond donors (Lipinski definition) is 2. The molecular formula is C15H20N2O. The van der Waals surface area contributed by atoms with Gasteiger partial charge in [0.25, 0.3) is 0 Å². The molecule has 1 aromatic carbocycles. The Balaban J connectivity index is 2.02. The number of rotatable bonds is 2. The van der Waals surface area contributed by atoms with Crippen LogP contribution in [0, 0.1) is 0 Å². The Labute approximate surface area is 108 Å². The molecule has 0 radical (unpaired) electrons. The molecule has 0 spiro atoms. The van der Waals surface area contributed by atoms with Crippen molar-refractivity contribution in [3.63, 3.8) is 0 Å². The molecule has 3 rings (SSSR count). The zero-order chi connectivity index (χ0) is 12.6. The number of nitrogens with one attached hydrogen (secondary N) is 1. The van der Waals surface area contributed by atoms with Gasteiger partial charge in [-0.2, -0.15) is 0 Å². The van der Waals surface area contributed by atoms with Crippen LogP contribution in [0.4, 0.5) is 0 Å². The van der Waals surface area contributed by atoms with Crippen LogP contribution < -0.4 is 11.1 Å². The molecule has 0 unspecified atom stereocenters. The van der Waals surface area contributed by atoms with Crippen molar-refractivity contribution < 1.29 is 4.79 Å². The summed E-state index contributed by atoms with van der Waals surface area (Å²) in [6.45, 7) is 1.96. The van der Waals surface area contributed by atoms with E-state index in [4.69, 9.17) is 5.73 Å². The molecule has 3 heteroatoms. The van der Waals surface area contributed by atoms with Crippen LogP contribution in [0.15, 0.2) is 18.2 Å². The molecule has 96 valence electrons. The van der Waals surface area contributed by atoms with Gasteiger partial charge in [0, 0.05) is 6.54 Å². The molecule has 1 aromatic rings. The molecule has 0 bridgehead atoms. The predicted octanol–water partition coefficient (Wildman–Crippen LogP) is 1.63. The number of carbonyl (C=O) groups is 1. The van der Waals surface area contributed by atoms with E-state index in [0.717, 1.165) is 50.8 Å². The van der Waals surface area contributed by atoms with Crippen LogP contribution >= 0.6 is 0 Å². The van der Waals surface area contributed by atoms with Gasteiger partial charge < -0.3 is 11.1 Å². The standard InChI is InChI=1S/C15H20N2O/c16-14(18)15(6-1-2-7-15)13-4-3-11-5-8-17-10-12(11)9-13/h3-4,9,17H,1-2,5-8,10H2,(H2,16,18). The highest BCUT2D eigenvalue weighted by Gasteiger charge is 2.41. The zero-order valence-electron chi connectivity index (χ0n) is 10.7. The lowest BCUT2D eigenvalue weighted by Crippen LogP contribution is -2.39. The van der Waals surface area contributed by atoms with Gasteiger partial charge in [-0.1, -0.05) is 31.0 Å². The summed E-state index contributed by atoms with van der Waals surface area (Å²) >= 11 is 0. The topological polar surface area (TPSA) is 55.1 Å². The number of amides is 1. The molecule has 0 saturated heterocycles. The third-order valence-corrected chi connectivity index (χ3v) is 4.57. The summed E-state index contributed by atoms with van der Waals surface area (Å²) in [5.41, 5.74) is 9.18. The van der Waals surface area contributed by atoms with Gasteiger partial charge in [-0.3, -0.25) is 4.79 Å². The van der Waals surface area contributed by atoms with E-state index in [0.29, 0.717) is 0 Å². The van der Waals surface area contributed by atoms with E-state index in [1.54, 1.807) is 0 Å². The Morgan fingerprint density at radius 3 is 2.72 bits per heavy atom. The smallest absolute Gasteiger partial charge is 0.228 e. The van der Waals surface area contributed by atoms with Gasteiger partial charge >= 0.3 is 0 Å². The fraction of sp³-hybridized carbons (Fsp3) is 0.533. The molecule has 0 aromatic heterocycles. The number of fused-ring (bicyclic) bond motifs is 1. The quantitative estimate of drug-likeness (QED) is 0.830. The molecule has 1 amide bonds. The van der Waals surface area contributed by atoms with Gasteiger partial charge in [0.1, 0.15) is 0 Å². The van der Waals surface area contributed by atoms with Crippen LogP contribution in [0.1, 0.15) is 42.4 Å². The van der Waals surface area contributed by atoms with Crippen molar-refractivity contribution in [2.45, 2.75) is 44.1 Å². The second-order valence-electron chi connectivity index (χ2n) is 5.56. The normalized spacial score (nSPS) is 21.6. The number of primary amides is 1. The van der Waals surface area contributed by atoms with Gasteiger partial charge in [0.05, 0.1) is 5.41 Å². The Morgan fingerprint density at radius 2 is 2.00 bits per heavy atom. The first-order chi connectivity index (χ1) is 8.72. The Bertz CT molecular complexity index is 475. The Morgan fingerprint density at radius 1 is 1.22 bits per heavy atom. The summed E-state index contributed by atoms with van der Waals surface area (Å²) in [5.74, 6) is -0.149. The SMILES string of the molecule is NC(=O)C1(c2ccc3c(c2)CNCC3)CCCC1. The van der Waals surface area contributed by atoms with Crippen molar-refractivity contribution in [2.24, 2.45) is 5.73 Å². The van der Waals surface area contributed by atoms with Gasteiger partial charge in [-0.25, -0.2) is 0 Å². The van der Waals surface area contributed by atoms with Crippen LogP contribution in [-0.2, 0) is 23.2 Å². The van der Waals surface area contributed by atoms with Gasteiger partial charge in [-0.15, -0.1) is 0 Å². The summed E-state index contributed by atoms with van der Waals surface area (Å²) in [4.78, 5) is 11.9. The Hall–Kier alpha value is -1.35. The average molecular weight is 244 g/mol. The second-order valence-corrected chi connectivity index (χ2v) is 5.56. The molecule has 1 aliphatic carbocycles. The molecule has 1 saturated carbocycles. The third kappa shape index (κ3) is 1.74. The van der Waals surface area contributed by atoms with Crippen LogP contribution in [0.5, 0.6) is 0 Å². The molecule has 1 aliphatic heterocycles. The fourth-order valence-corrected chi connectivity index (χ4v) is 3.43. The van der Waals surface area contributed by atoms with Gasteiger partial charge in [0.2, 0.25) is 5.91 Å². The monoisotopic (exact) mass is 244 g/mol. The number of benzene rings is 1. The molecule has 18 heavy (non-hydrogen) atoms. The molecule has 0 atom stereocenters. The van der Waals surface area contributed by atoms with Crippen molar-refractivity contribution in [1.29, 1.82) is 0 Å². The van der Waals surface area contributed by atoms with Gasteiger partial charge in [0.15, 0.2) is 0 Å². The van der Waals surface area contributed by atoms with Crippen LogP contribution in [0.3, 0.4) is 0 Å². The molecular weight excluding hydrogens is 224 g/mol. The Kier molecular flexibility index (Phi) is 2.86. The van der Waals surface area contributed by atoms with E-state index in [2.05, 4.69) is 23.5 Å². The number of carbonyl (C=O) groups excluding carboxylic acids is 1. The molecule has 3 nitrogen and oxygen atoms in total. The summed E-state index contributed by atoms with van der Waals surface area (Å²) in [7, 11) is 0. The highest BCUT2D eigenvalue weighted by atomic mass is 16.1. The van der Waals surface area contributed by atoms with Crippen molar-refractivity contribution >= 4 is 5.91 Å². The summed E-state index contributed by atoms with van der Waals surface area (Å²) in [6.07, 6.45) is 5.12. The maximum atomic E-state index is 11.9. The first-order valence-electron chi connectivity index (χ1n) is 6.85. The van der Waals surface area contributed by atoms with E-state index in [1.165, 1.54) is 11.1 Å². The van der Waals surface area contributed by atoms with Crippen molar-refractivity contribution in [3.05, 3.63) is 34.9 Å². The first-order valence-corrected chi connectivity index (χ1v) is 6.85. The highest BCUT2D eigenvalue weighted by molar-refractivity contribution is 5.87. The maximum absolute atomic E-state index is 11.9. The molecule has 1 fully saturated rings. The van der Waals surface area contributed by atoms with Crippen molar-refractivity contribution in [1.82, 2.24) is 5.32 Å². The molecule has 1 heterocycles. The minimum Gasteiger partial charge on any atom is -0.369 e. The first kappa shape index (κ1) is 11.7. The lowest BCUT2D eigenvalue weighted by atomic mass is 9.77. The average Bonchev–Trinajstić information content (AvgIpc) is 2.89. The number of hydrogen-bond acceptors (Lipinski definition) is 2. The van der Waals surface area contributed by atoms with Crippen molar-refractivity contribution in [2.75, 3.05) is 6.54 Å². The number of nitrogens with two attached hydrogens (primary N) is 1. The van der Waals surface area contributed by atoms with Crippen LogP contribution in [0.2, 0.25) is 0 Å². The highest BCUT2D eigenvalue weighted by Crippen LogP contribution is 2.41. The lowest BCUT2D eigenvalue weighted by Gasteiger charge is -2.28. The van der Waals surface area contributed by atoms with E-state index >= 15 is 0 Å². The van der Waals surface area contributed by atoms with E-state index in [-0.39, 0.29) is 5.91 Å². The van der Waals surface area contributed by atoms with Crippen LogP contribution in [0.25, 0.3) is 0 Å². The summed E-state index contributed by atoms with van der Waals surface area (Å²) < 4.78 is 0.